The molecule has 0 amide bonds. The molecule has 0 unspecified atom stereocenters. The van der Waals surface area contributed by atoms with E-state index in [0.717, 1.165) is 179 Å². The van der Waals surface area contributed by atoms with E-state index in [1.165, 1.54) is 156 Å². The molecule has 4 N–H and O–H groups in total. The van der Waals surface area contributed by atoms with E-state index in [1.54, 1.807) is 0 Å². The van der Waals surface area contributed by atoms with Crippen molar-refractivity contribution in [3.8, 4) is 44.5 Å². The van der Waals surface area contributed by atoms with Gasteiger partial charge in [0.05, 0.1) is 48.2 Å². The first-order valence-electron chi connectivity index (χ1n) is 44.1. The van der Waals surface area contributed by atoms with Crippen molar-refractivity contribution in [3.63, 3.8) is 0 Å². The molecular weight excluding hydrogens is 1500 g/mol. The summed E-state index contributed by atoms with van der Waals surface area (Å²) in [6, 6.07) is 79.5. The Bertz CT molecular complexity index is 5430. The molecule has 8 heterocycles. The minimum atomic E-state index is -0.164. The maximum Gasteiger partial charge on any atom is 0.0679 e. The number of aliphatic hydroxyl groups is 4. The number of nitrogens with zero attached hydrogens (tertiary/aromatic N) is 10. The molecule has 0 spiro atoms. The monoisotopic (exact) mass is 1610 g/mol. The quantitative estimate of drug-likeness (QED) is 0.0573. The average molecular weight is 1620 g/mol. The third-order valence-corrected chi connectivity index (χ3v) is 25.4. The molecule has 2 atom stereocenters. The number of piperazine rings is 2. The highest BCUT2D eigenvalue weighted by atomic mass is 16.3. The van der Waals surface area contributed by atoms with Gasteiger partial charge in [-0.25, -0.2) is 0 Å². The van der Waals surface area contributed by atoms with Crippen LogP contribution in [0.1, 0.15) is 125 Å². The Morgan fingerprint density at radius 1 is 0.270 bits per heavy atom. The van der Waals surface area contributed by atoms with Crippen LogP contribution in [0.3, 0.4) is 0 Å². The lowest BCUT2D eigenvalue weighted by atomic mass is 9.96. The average Bonchev–Trinajstić information content (AvgIpc) is 1.63. The molecule has 620 valence electrons. The fraction of sp³-hybridized carbons (Fsp3) is 0.296. The summed E-state index contributed by atoms with van der Waals surface area (Å²) in [6.07, 6.45) is 22.3. The van der Waals surface area contributed by atoms with Gasteiger partial charge in [-0.2, -0.15) is 0 Å². The highest BCUT2D eigenvalue weighted by Crippen LogP contribution is 2.40. The van der Waals surface area contributed by atoms with Crippen LogP contribution in [0.5, 0.6) is 0 Å². The fourth-order valence-electron chi connectivity index (χ4n) is 18.5. The summed E-state index contributed by atoms with van der Waals surface area (Å²) in [5, 5.41) is 37.6. The van der Waals surface area contributed by atoms with Gasteiger partial charge in [-0.05, 0) is 154 Å². The highest BCUT2D eigenvalue weighted by Gasteiger charge is 2.27. The smallest absolute Gasteiger partial charge is 0.0679 e. The lowest BCUT2D eigenvalue weighted by Crippen LogP contribution is -2.46. The molecule has 0 bridgehead atoms. The Morgan fingerprint density at radius 2 is 0.516 bits per heavy atom. The van der Waals surface area contributed by atoms with Gasteiger partial charge in [-0.1, -0.05) is 241 Å². The molecule has 8 aliphatic rings. The summed E-state index contributed by atoms with van der Waals surface area (Å²) in [7, 11) is 0. The van der Waals surface area contributed by atoms with E-state index in [1.807, 2.05) is 24.8 Å². The van der Waals surface area contributed by atoms with Crippen molar-refractivity contribution in [1.29, 1.82) is 0 Å². The lowest BCUT2D eigenvalue weighted by molar-refractivity contribution is 0.108. The molecule has 4 aliphatic heterocycles. The predicted octanol–water partition coefficient (Wildman–Crippen LogP) is 17.5. The van der Waals surface area contributed by atoms with Gasteiger partial charge in [0.25, 0.3) is 0 Å². The van der Waals surface area contributed by atoms with E-state index < -0.39 is 0 Å². The van der Waals surface area contributed by atoms with Crippen LogP contribution in [0.15, 0.2) is 267 Å². The van der Waals surface area contributed by atoms with Crippen molar-refractivity contribution in [2.75, 3.05) is 105 Å². The number of allylic oxidation sites excluding steroid dienone is 4. The number of aromatic nitrogens is 4. The van der Waals surface area contributed by atoms with Gasteiger partial charge >= 0.3 is 0 Å². The van der Waals surface area contributed by atoms with E-state index in [0.29, 0.717) is 0 Å². The van der Waals surface area contributed by atoms with Gasteiger partial charge in [0.1, 0.15) is 0 Å². The largest absolute Gasteiger partial charge is 0.395 e. The molecule has 4 fully saturated rings. The van der Waals surface area contributed by atoms with Gasteiger partial charge in [-0.15, -0.1) is 0 Å². The molecular formula is C108H114N10O4. The zero-order chi connectivity index (χ0) is 83.4. The third kappa shape index (κ3) is 20.5. The summed E-state index contributed by atoms with van der Waals surface area (Å²) in [5.41, 5.74) is 39.9. The SMILES string of the molecule is Cc1cccc(C2=CCc3ncc(-c4ccc(CN5CCN(CCO)CC5)cc4)cc32)c1.Cc1cccc(C2=CCc3ncc(-c4ccc(CN5CCN(CCO)CC5)cc4)cc32)c1.Cc1cccc(C2=CCc3ncc(-c4ccc(CN5CC[C@@H](O)C5)cc4)cc32)c1.Cc1cccc(C2=CCc3ncc(-c4ccc(CN5CC[C@@H](O)C5)cc4)cc32)c1. The Hall–Kier alpha value is -11.1. The van der Waals surface area contributed by atoms with Gasteiger partial charge in [0, 0.05) is 213 Å². The van der Waals surface area contributed by atoms with Gasteiger partial charge in [0.2, 0.25) is 0 Å². The number of likely N-dealkylation sites (tertiary alicyclic amines) is 2. The second-order valence-electron chi connectivity index (χ2n) is 34.5. The molecule has 4 saturated heterocycles. The van der Waals surface area contributed by atoms with Crippen molar-refractivity contribution >= 4 is 22.3 Å². The van der Waals surface area contributed by atoms with Crippen molar-refractivity contribution in [2.24, 2.45) is 0 Å². The van der Waals surface area contributed by atoms with E-state index in [2.05, 4.69) is 300 Å². The first kappa shape index (κ1) is 83.2. The van der Waals surface area contributed by atoms with Crippen LogP contribution in [-0.4, -0.2) is 187 Å². The van der Waals surface area contributed by atoms with E-state index in [4.69, 9.17) is 30.1 Å². The normalized spacial score (nSPS) is 17.7. The number of hydrogen-bond acceptors (Lipinski definition) is 14. The molecule has 20 rings (SSSR count). The van der Waals surface area contributed by atoms with E-state index in [9.17, 15) is 10.2 Å². The first-order valence-corrected chi connectivity index (χ1v) is 44.1. The van der Waals surface area contributed by atoms with Crippen LogP contribution in [0.4, 0.5) is 0 Å². The van der Waals surface area contributed by atoms with Gasteiger partial charge in [0.15, 0.2) is 0 Å². The predicted molar refractivity (Wildman–Crippen MR) is 496 cm³/mol. The lowest BCUT2D eigenvalue weighted by Gasteiger charge is -2.34. The summed E-state index contributed by atoms with van der Waals surface area (Å²) >= 11 is 0. The minimum Gasteiger partial charge on any atom is -0.395 e. The summed E-state index contributed by atoms with van der Waals surface area (Å²) in [6.45, 7) is 26.3. The van der Waals surface area contributed by atoms with Crippen molar-refractivity contribution < 1.29 is 20.4 Å². The molecule has 0 radical (unpaired) electrons. The Kier molecular flexibility index (Phi) is 26.6. The Morgan fingerprint density at radius 3 is 0.746 bits per heavy atom. The highest BCUT2D eigenvalue weighted by molar-refractivity contribution is 5.90. The molecule has 12 aromatic rings. The van der Waals surface area contributed by atoms with E-state index >= 15 is 0 Å². The second kappa shape index (κ2) is 39.0. The standard InChI is InChI=1S/2C28H31N3O.2C26H26N2O/c2*1-21-3-2-4-24(17-21)26-9-10-28-27(26)18-25(19-29-28)23-7-5-22(6-8-23)20-31-13-11-30(12-14-31)15-16-32;2*1-18-3-2-4-21(13-18)24-9-10-26-25(24)14-22(15-27-26)20-7-5-19(6-8-20)16-28-12-11-23(29)17-28/h2*2-9,17-19,32H,10-16,20H2,1H3;2*2-9,13-15,23,29H,10-12,16-17H2,1H3/t;;2*23-/m..11/s1. The maximum atomic E-state index is 9.71. The van der Waals surface area contributed by atoms with Crippen LogP contribution in [-0.2, 0) is 51.9 Å². The number of rotatable bonds is 20. The number of aliphatic hydroxyl groups excluding tert-OH is 4. The molecule has 14 heteroatoms. The number of β-amino-alcohol motifs (C(OH)–C–C–N with tert-alkyl or cyclic N) is 4. The summed E-state index contributed by atoms with van der Waals surface area (Å²) < 4.78 is 0. The number of pyridine rings is 4. The first-order chi connectivity index (χ1) is 59.7. The van der Waals surface area contributed by atoms with Gasteiger partial charge in [-0.3, -0.25) is 49.3 Å². The summed E-state index contributed by atoms with van der Waals surface area (Å²) in [4.78, 5) is 33.4. The topological polar surface area (TPSA) is 152 Å². The second-order valence-corrected chi connectivity index (χ2v) is 34.5. The van der Waals surface area contributed by atoms with Gasteiger partial charge < -0.3 is 20.4 Å². The molecule has 0 saturated carbocycles. The van der Waals surface area contributed by atoms with Crippen LogP contribution >= 0.6 is 0 Å². The number of aryl methyl sites for hydroxylation is 4. The van der Waals surface area contributed by atoms with Crippen molar-refractivity contribution in [2.45, 2.75) is 105 Å². The third-order valence-electron chi connectivity index (χ3n) is 25.4. The fourth-order valence-corrected chi connectivity index (χ4v) is 18.5. The minimum absolute atomic E-state index is 0.164. The van der Waals surface area contributed by atoms with Crippen LogP contribution in [0, 0.1) is 27.7 Å². The number of hydrogen-bond donors (Lipinski definition) is 4. The molecule has 8 aromatic carbocycles. The zero-order valence-corrected chi connectivity index (χ0v) is 71.2. The Balaban J connectivity index is 0.000000116. The number of fused-ring (bicyclic) bond motifs is 4. The van der Waals surface area contributed by atoms with Crippen LogP contribution in [0.2, 0.25) is 0 Å². The van der Waals surface area contributed by atoms with Crippen LogP contribution in [0.25, 0.3) is 66.8 Å². The molecule has 122 heavy (non-hydrogen) atoms. The molecule has 4 aromatic heterocycles. The summed E-state index contributed by atoms with van der Waals surface area (Å²) in [5.74, 6) is 0. The molecule has 4 aliphatic carbocycles. The number of benzene rings is 8. The molecule has 14 nitrogen and oxygen atoms in total. The van der Waals surface area contributed by atoms with Crippen molar-refractivity contribution in [3.05, 3.63) is 379 Å². The van der Waals surface area contributed by atoms with Crippen LogP contribution < -0.4 is 0 Å². The van der Waals surface area contributed by atoms with E-state index in [-0.39, 0.29) is 25.4 Å². The van der Waals surface area contributed by atoms with Crippen molar-refractivity contribution in [1.82, 2.24) is 49.3 Å². The zero-order valence-electron chi connectivity index (χ0n) is 71.2. The maximum absolute atomic E-state index is 9.71. The Labute approximate surface area is 720 Å².